The highest BCUT2D eigenvalue weighted by Gasteiger charge is 2.21. The van der Waals surface area contributed by atoms with Crippen LogP contribution in [-0.4, -0.2) is 12.4 Å². The molecule has 2 rings (SSSR count). The van der Waals surface area contributed by atoms with Crippen LogP contribution < -0.4 is 4.74 Å². The summed E-state index contributed by atoms with van der Waals surface area (Å²) in [5.41, 5.74) is 0.813. The van der Waals surface area contributed by atoms with Crippen molar-refractivity contribution in [1.82, 2.24) is 0 Å². The van der Waals surface area contributed by atoms with E-state index in [4.69, 9.17) is 4.74 Å². The number of carbonyl (C=O) groups excluding carboxylic acids is 1. The fourth-order valence-corrected chi connectivity index (χ4v) is 2.68. The predicted molar refractivity (Wildman–Crippen MR) is 73.1 cm³/mol. The zero-order valence-corrected chi connectivity index (χ0v) is 11.2. The SMILES string of the molecule is CCOc1cccc(C(=O)C2CCCCCC2)c1. The van der Waals surface area contributed by atoms with Gasteiger partial charge in [0.15, 0.2) is 5.78 Å². The van der Waals surface area contributed by atoms with Gasteiger partial charge in [-0.15, -0.1) is 0 Å². The van der Waals surface area contributed by atoms with Gasteiger partial charge in [-0.2, -0.15) is 0 Å². The molecule has 0 unspecified atom stereocenters. The van der Waals surface area contributed by atoms with Gasteiger partial charge in [0.25, 0.3) is 0 Å². The monoisotopic (exact) mass is 246 g/mol. The molecule has 0 amide bonds. The zero-order chi connectivity index (χ0) is 12.8. The third kappa shape index (κ3) is 3.34. The average Bonchev–Trinajstić information content (AvgIpc) is 2.67. The Bertz CT molecular complexity index is 390. The lowest BCUT2D eigenvalue weighted by atomic mass is 9.91. The predicted octanol–water partition coefficient (Wildman–Crippen LogP) is 4.24. The Morgan fingerprint density at radius 2 is 1.94 bits per heavy atom. The first-order valence-corrected chi connectivity index (χ1v) is 7.08. The summed E-state index contributed by atoms with van der Waals surface area (Å²) >= 11 is 0. The van der Waals surface area contributed by atoms with Crippen molar-refractivity contribution in [3.8, 4) is 5.75 Å². The minimum Gasteiger partial charge on any atom is -0.494 e. The van der Waals surface area contributed by atoms with Crippen molar-refractivity contribution in [1.29, 1.82) is 0 Å². The van der Waals surface area contributed by atoms with Crippen molar-refractivity contribution in [3.63, 3.8) is 0 Å². The molecule has 0 bridgehead atoms. The van der Waals surface area contributed by atoms with Crippen molar-refractivity contribution >= 4 is 5.78 Å². The molecule has 0 atom stereocenters. The van der Waals surface area contributed by atoms with Crippen LogP contribution in [0.4, 0.5) is 0 Å². The Kier molecular flexibility index (Phi) is 4.80. The number of Topliss-reactive ketones (excluding diaryl/α,β-unsaturated/α-hetero) is 1. The van der Waals surface area contributed by atoms with E-state index in [1.54, 1.807) is 0 Å². The van der Waals surface area contributed by atoms with Crippen LogP contribution >= 0.6 is 0 Å². The lowest BCUT2D eigenvalue weighted by Crippen LogP contribution is -2.14. The Morgan fingerprint density at radius 3 is 2.61 bits per heavy atom. The third-order valence-electron chi connectivity index (χ3n) is 3.66. The van der Waals surface area contributed by atoms with E-state index in [1.165, 1.54) is 25.7 Å². The molecule has 1 aromatic rings. The highest BCUT2D eigenvalue weighted by atomic mass is 16.5. The molecule has 1 aliphatic rings. The summed E-state index contributed by atoms with van der Waals surface area (Å²) in [6.45, 7) is 2.60. The first kappa shape index (κ1) is 13.1. The molecule has 2 heteroatoms. The summed E-state index contributed by atoms with van der Waals surface area (Å²) in [6, 6.07) is 7.62. The number of benzene rings is 1. The maximum Gasteiger partial charge on any atom is 0.166 e. The van der Waals surface area contributed by atoms with E-state index in [1.807, 2.05) is 31.2 Å². The number of hydrogen-bond acceptors (Lipinski definition) is 2. The lowest BCUT2D eigenvalue weighted by Gasteiger charge is -2.13. The normalized spacial score (nSPS) is 17.2. The van der Waals surface area contributed by atoms with E-state index < -0.39 is 0 Å². The van der Waals surface area contributed by atoms with Gasteiger partial charge in [0.1, 0.15) is 5.75 Å². The van der Waals surface area contributed by atoms with Crippen LogP contribution in [0.2, 0.25) is 0 Å². The minimum atomic E-state index is 0.226. The Balaban J connectivity index is 2.09. The van der Waals surface area contributed by atoms with Gasteiger partial charge in [0.05, 0.1) is 6.61 Å². The van der Waals surface area contributed by atoms with E-state index in [0.717, 1.165) is 24.2 Å². The molecule has 0 spiro atoms. The molecule has 0 heterocycles. The Hall–Kier alpha value is -1.31. The zero-order valence-electron chi connectivity index (χ0n) is 11.2. The molecule has 1 fully saturated rings. The quantitative estimate of drug-likeness (QED) is 0.586. The third-order valence-corrected chi connectivity index (χ3v) is 3.66. The largest absolute Gasteiger partial charge is 0.494 e. The van der Waals surface area contributed by atoms with E-state index in [9.17, 15) is 4.79 Å². The molecule has 0 aliphatic heterocycles. The second-order valence-corrected chi connectivity index (χ2v) is 5.01. The summed E-state index contributed by atoms with van der Waals surface area (Å²) in [5, 5.41) is 0. The van der Waals surface area contributed by atoms with Gasteiger partial charge in [-0.3, -0.25) is 4.79 Å². The van der Waals surface area contributed by atoms with Crippen molar-refractivity contribution in [2.75, 3.05) is 6.61 Å². The van der Waals surface area contributed by atoms with Gasteiger partial charge >= 0.3 is 0 Å². The van der Waals surface area contributed by atoms with Crippen molar-refractivity contribution in [2.45, 2.75) is 45.4 Å². The van der Waals surface area contributed by atoms with E-state index in [-0.39, 0.29) is 5.92 Å². The van der Waals surface area contributed by atoms with Crippen LogP contribution in [0.3, 0.4) is 0 Å². The lowest BCUT2D eigenvalue weighted by molar-refractivity contribution is 0.0907. The minimum absolute atomic E-state index is 0.226. The molecular weight excluding hydrogens is 224 g/mol. The second-order valence-electron chi connectivity index (χ2n) is 5.01. The van der Waals surface area contributed by atoms with Crippen LogP contribution in [0.25, 0.3) is 0 Å². The van der Waals surface area contributed by atoms with Crippen molar-refractivity contribution in [2.24, 2.45) is 5.92 Å². The summed E-state index contributed by atoms with van der Waals surface area (Å²) in [6.07, 6.45) is 7.06. The van der Waals surface area contributed by atoms with Gasteiger partial charge in [-0.1, -0.05) is 37.8 Å². The van der Waals surface area contributed by atoms with Crippen molar-refractivity contribution < 1.29 is 9.53 Å². The van der Waals surface area contributed by atoms with E-state index in [0.29, 0.717) is 12.4 Å². The summed E-state index contributed by atoms with van der Waals surface area (Å²) in [4.78, 5) is 12.5. The van der Waals surface area contributed by atoms with Crippen LogP contribution in [0.1, 0.15) is 55.8 Å². The highest BCUT2D eigenvalue weighted by molar-refractivity contribution is 5.98. The molecule has 98 valence electrons. The van der Waals surface area contributed by atoms with Gasteiger partial charge in [0.2, 0.25) is 0 Å². The van der Waals surface area contributed by atoms with Gasteiger partial charge < -0.3 is 4.74 Å². The smallest absolute Gasteiger partial charge is 0.166 e. The average molecular weight is 246 g/mol. The molecule has 0 saturated heterocycles. The standard InChI is InChI=1S/C16H22O2/c1-2-18-15-11-7-10-14(12-15)16(17)13-8-5-3-4-6-9-13/h7,10-13H,2-6,8-9H2,1H3. The van der Waals surface area contributed by atoms with Crippen LogP contribution in [0.15, 0.2) is 24.3 Å². The first-order chi connectivity index (χ1) is 8.81. The second kappa shape index (κ2) is 6.58. The molecule has 2 nitrogen and oxygen atoms in total. The van der Waals surface area contributed by atoms with Gasteiger partial charge in [-0.05, 0) is 31.9 Å². The Morgan fingerprint density at radius 1 is 1.22 bits per heavy atom. The molecular formula is C16H22O2. The Labute approximate surface area is 109 Å². The summed E-state index contributed by atoms with van der Waals surface area (Å²) in [7, 11) is 0. The number of ketones is 1. The maximum absolute atomic E-state index is 12.5. The molecule has 1 saturated carbocycles. The number of ether oxygens (including phenoxy) is 1. The van der Waals surface area contributed by atoms with Gasteiger partial charge in [0, 0.05) is 11.5 Å². The molecule has 1 aromatic carbocycles. The van der Waals surface area contributed by atoms with E-state index >= 15 is 0 Å². The first-order valence-electron chi connectivity index (χ1n) is 7.08. The van der Waals surface area contributed by atoms with Gasteiger partial charge in [-0.25, -0.2) is 0 Å². The number of carbonyl (C=O) groups is 1. The fourth-order valence-electron chi connectivity index (χ4n) is 2.68. The fraction of sp³-hybridized carbons (Fsp3) is 0.562. The molecule has 18 heavy (non-hydrogen) atoms. The molecule has 0 radical (unpaired) electrons. The van der Waals surface area contributed by atoms with Crippen LogP contribution in [0.5, 0.6) is 5.75 Å². The molecule has 0 N–H and O–H groups in total. The van der Waals surface area contributed by atoms with Crippen LogP contribution in [-0.2, 0) is 0 Å². The molecule has 1 aliphatic carbocycles. The van der Waals surface area contributed by atoms with Crippen molar-refractivity contribution in [3.05, 3.63) is 29.8 Å². The van der Waals surface area contributed by atoms with Crippen LogP contribution in [0, 0.1) is 5.92 Å². The number of hydrogen-bond donors (Lipinski definition) is 0. The van der Waals surface area contributed by atoms with E-state index in [2.05, 4.69) is 0 Å². The number of rotatable bonds is 4. The highest BCUT2D eigenvalue weighted by Crippen LogP contribution is 2.27. The maximum atomic E-state index is 12.5. The summed E-state index contributed by atoms with van der Waals surface area (Å²) < 4.78 is 5.46. The topological polar surface area (TPSA) is 26.3 Å². The summed E-state index contributed by atoms with van der Waals surface area (Å²) in [5.74, 6) is 1.33. The molecule has 0 aromatic heterocycles.